The van der Waals surface area contributed by atoms with Gasteiger partial charge in [-0.3, -0.25) is 9.78 Å². The Balaban J connectivity index is 2.14. The second-order valence-electron chi connectivity index (χ2n) is 4.09. The van der Waals surface area contributed by atoms with Gasteiger partial charge in [-0.1, -0.05) is 12.1 Å². The number of fused-ring (bicyclic) bond motifs is 2. The molecule has 92 valence electrons. The number of aromatic amines is 2. The first kappa shape index (κ1) is 11.2. The summed E-state index contributed by atoms with van der Waals surface area (Å²) in [5.41, 5.74) is 1.98. The molecule has 5 nitrogen and oxygen atoms in total. The third kappa shape index (κ3) is 1.75. The summed E-state index contributed by atoms with van der Waals surface area (Å²) in [7, 11) is 0. The Bertz CT molecular complexity index is 733. The van der Waals surface area contributed by atoms with Gasteiger partial charge in [0.2, 0.25) is 5.88 Å². The van der Waals surface area contributed by atoms with E-state index in [1.165, 1.54) is 0 Å². The first-order valence-corrected chi connectivity index (χ1v) is 5.84. The van der Waals surface area contributed by atoms with Crippen molar-refractivity contribution in [1.29, 1.82) is 0 Å². The van der Waals surface area contributed by atoms with Crippen molar-refractivity contribution in [2.75, 3.05) is 0 Å². The Morgan fingerprint density at radius 3 is 3.00 bits per heavy atom. The Morgan fingerprint density at radius 1 is 1.39 bits per heavy atom. The molecule has 0 bridgehead atoms. The van der Waals surface area contributed by atoms with Gasteiger partial charge in [0, 0.05) is 6.42 Å². The maximum Gasteiger partial charge on any atom is 0.259 e. The van der Waals surface area contributed by atoms with Crippen molar-refractivity contribution in [3.05, 3.63) is 50.0 Å². The van der Waals surface area contributed by atoms with E-state index in [0.717, 1.165) is 11.1 Å². The number of nitrogens with one attached hydrogen (secondary N) is 2. The number of aromatic nitrogens is 2. The number of rotatable bonds is 1. The number of benzene rings is 1. The minimum Gasteiger partial charge on any atom is -0.440 e. The van der Waals surface area contributed by atoms with E-state index < -0.39 is 0 Å². The van der Waals surface area contributed by atoms with Crippen molar-refractivity contribution in [2.24, 2.45) is 0 Å². The van der Waals surface area contributed by atoms with Crippen LogP contribution in [-0.4, -0.2) is 15.1 Å². The molecule has 1 aromatic heterocycles. The highest BCUT2D eigenvalue weighted by molar-refractivity contribution is 7.71. The van der Waals surface area contributed by atoms with E-state index in [-0.39, 0.29) is 16.9 Å². The number of hydrogen-bond donors (Lipinski definition) is 3. The molecule has 2 heterocycles. The molecule has 3 rings (SSSR count). The van der Waals surface area contributed by atoms with E-state index in [4.69, 9.17) is 22.1 Å². The van der Waals surface area contributed by atoms with Gasteiger partial charge in [0.05, 0.1) is 12.2 Å². The maximum atomic E-state index is 11.8. The maximum absolute atomic E-state index is 11.8. The summed E-state index contributed by atoms with van der Waals surface area (Å²) in [6, 6.07) is 5.42. The zero-order valence-electron chi connectivity index (χ0n) is 9.32. The van der Waals surface area contributed by atoms with Crippen molar-refractivity contribution in [1.82, 2.24) is 9.97 Å². The quantitative estimate of drug-likeness (QED) is 0.582. The average molecular weight is 262 g/mol. The molecule has 0 aliphatic carbocycles. The molecule has 1 aliphatic rings. The first-order chi connectivity index (χ1) is 8.67. The van der Waals surface area contributed by atoms with E-state index in [1.54, 1.807) is 6.07 Å². The molecule has 1 aromatic carbocycles. The third-order valence-electron chi connectivity index (χ3n) is 2.90. The van der Waals surface area contributed by atoms with Gasteiger partial charge in [0.1, 0.15) is 5.75 Å². The Hall–Kier alpha value is -1.92. The molecule has 0 saturated heterocycles. The van der Waals surface area contributed by atoms with Crippen molar-refractivity contribution >= 4 is 12.2 Å². The van der Waals surface area contributed by atoms with Crippen LogP contribution in [0.5, 0.6) is 11.6 Å². The van der Waals surface area contributed by atoms with Crippen LogP contribution in [0.2, 0.25) is 0 Å². The van der Waals surface area contributed by atoms with Gasteiger partial charge in [-0.25, -0.2) is 0 Å². The average Bonchev–Trinajstić information content (AvgIpc) is 2.36. The second-order valence-corrected chi connectivity index (χ2v) is 4.50. The smallest absolute Gasteiger partial charge is 0.259 e. The van der Waals surface area contributed by atoms with Crippen molar-refractivity contribution in [3.63, 3.8) is 0 Å². The Morgan fingerprint density at radius 2 is 2.22 bits per heavy atom. The lowest BCUT2D eigenvalue weighted by molar-refractivity contribution is 0.281. The minimum absolute atomic E-state index is 0.0468. The van der Waals surface area contributed by atoms with Crippen LogP contribution < -0.4 is 10.3 Å². The van der Waals surface area contributed by atoms with Crippen molar-refractivity contribution in [2.45, 2.75) is 13.0 Å². The van der Waals surface area contributed by atoms with Gasteiger partial charge in [-0.05, 0) is 29.4 Å². The van der Waals surface area contributed by atoms with Crippen LogP contribution in [0.25, 0.3) is 0 Å². The summed E-state index contributed by atoms with van der Waals surface area (Å²) in [6.45, 7) is -0.0468. The minimum atomic E-state index is -0.231. The fraction of sp³-hybridized carbons (Fsp3) is 0.167. The first-order valence-electron chi connectivity index (χ1n) is 5.43. The van der Waals surface area contributed by atoms with Crippen LogP contribution in [0.4, 0.5) is 0 Å². The van der Waals surface area contributed by atoms with Crippen LogP contribution in [0.15, 0.2) is 23.0 Å². The molecule has 0 spiro atoms. The van der Waals surface area contributed by atoms with Gasteiger partial charge in [0.25, 0.3) is 5.56 Å². The van der Waals surface area contributed by atoms with Crippen molar-refractivity contribution in [3.8, 4) is 11.6 Å². The second kappa shape index (κ2) is 4.08. The SMILES string of the molecule is O=c1[nH]c(=S)[nH]c2c1Cc1ccc(CO)cc1O2. The lowest BCUT2D eigenvalue weighted by Gasteiger charge is -2.19. The molecule has 0 amide bonds. The number of ether oxygens (including phenoxy) is 1. The largest absolute Gasteiger partial charge is 0.440 e. The molecule has 0 fully saturated rings. The van der Waals surface area contributed by atoms with Gasteiger partial charge in [-0.2, -0.15) is 0 Å². The molecule has 0 unspecified atom stereocenters. The normalized spacial score (nSPS) is 12.5. The van der Waals surface area contributed by atoms with Crippen LogP contribution >= 0.6 is 12.2 Å². The summed E-state index contributed by atoms with van der Waals surface area (Å²) in [6.07, 6.45) is 0.484. The molecule has 18 heavy (non-hydrogen) atoms. The Kier molecular flexibility index (Phi) is 2.53. The number of aliphatic hydroxyl groups excluding tert-OH is 1. The summed E-state index contributed by atoms with van der Waals surface area (Å²) >= 11 is 4.90. The highest BCUT2D eigenvalue weighted by atomic mass is 32.1. The molecule has 3 N–H and O–H groups in total. The highest BCUT2D eigenvalue weighted by Gasteiger charge is 2.20. The van der Waals surface area contributed by atoms with E-state index in [1.807, 2.05) is 12.1 Å². The zero-order valence-corrected chi connectivity index (χ0v) is 10.1. The summed E-state index contributed by atoms with van der Waals surface area (Å²) in [5.74, 6) is 1.02. The monoisotopic (exact) mass is 262 g/mol. The van der Waals surface area contributed by atoms with E-state index >= 15 is 0 Å². The fourth-order valence-corrected chi connectivity index (χ4v) is 2.16. The van der Waals surface area contributed by atoms with Crippen LogP contribution in [0, 0.1) is 4.77 Å². The molecular weight excluding hydrogens is 252 g/mol. The van der Waals surface area contributed by atoms with E-state index in [2.05, 4.69) is 9.97 Å². The van der Waals surface area contributed by atoms with Crippen LogP contribution in [0.3, 0.4) is 0 Å². The van der Waals surface area contributed by atoms with Gasteiger partial charge in [0.15, 0.2) is 4.77 Å². The number of hydrogen-bond acceptors (Lipinski definition) is 4. The fourth-order valence-electron chi connectivity index (χ4n) is 1.98. The third-order valence-corrected chi connectivity index (χ3v) is 3.10. The topological polar surface area (TPSA) is 78.1 Å². The number of H-pyrrole nitrogens is 2. The standard InChI is InChI=1S/C12H10N2O3S/c15-5-6-1-2-7-4-8-10(16)13-12(18)14-11(8)17-9(7)3-6/h1-3,15H,4-5H2,(H2,13,14,16,18). The molecular formula is C12H10N2O3S. The predicted octanol–water partition coefficient (Wildman–Crippen LogP) is 1.62. The predicted molar refractivity (Wildman–Crippen MR) is 67.5 cm³/mol. The van der Waals surface area contributed by atoms with Gasteiger partial charge in [-0.15, -0.1) is 0 Å². The summed E-state index contributed by atoms with van der Waals surface area (Å²) in [4.78, 5) is 17.1. The van der Waals surface area contributed by atoms with E-state index in [0.29, 0.717) is 23.6 Å². The van der Waals surface area contributed by atoms with Crippen molar-refractivity contribution < 1.29 is 9.84 Å². The van der Waals surface area contributed by atoms with Gasteiger partial charge >= 0.3 is 0 Å². The zero-order chi connectivity index (χ0) is 12.7. The van der Waals surface area contributed by atoms with Crippen LogP contribution in [0.1, 0.15) is 16.7 Å². The lowest BCUT2D eigenvalue weighted by atomic mass is 10.0. The lowest BCUT2D eigenvalue weighted by Crippen LogP contribution is -2.19. The Labute approximate surface area is 107 Å². The molecule has 0 radical (unpaired) electrons. The molecule has 0 atom stereocenters. The summed E-state index contributed by atoms with van der Waals surface area (Å²) < 4.78 is 5.86. The molecule has 2 aromatic rings. The summed E-state index contributed by atoms with van der Waals surface area (Å²) in [5, 5.41) is 9.09. The van der Waals surface area contributed by atoms with Crippen LogP contribution in [-0.2, 0) is 13.0 Å². The highest BCUT2D eigenvalue weighted by Crippen LogP contribution is 2.33. The molecule has 6 heteroatoms. The molecule has 0 saturated carbocycles. The van der Waals surface area contributed by atoms with Gasteiger partial charge < -0.3 is 14.8 Å². The number of aliphatic hydroxyl groups is 1. The van der Waals surface area contributed by atoms with E-state index in [9.17, 15) is 4.79 Å². The molecule has 1 aliphatic heterocycles.